The standard InChI is InChI=1S/C49H72N16O10/c1-28(66)59-33(16-8-23-56-48(51)52)41(68)62-36-19-20-40(67)55-22-10-18-37(47(74)75)63-46(73)39(26-30-27-58-32-14-6-5-13-31(30)32)65-43(70)35(17-9-24-57-49(53)54)61-45(72)38(25-29-11-3-2-4-12-29)64-42(69)34(15-7-21-50)60-44(36)71/h2-6,11-14,27,33-39,58H,7-10,15-26,50H2,1H3,(H,55,67)(H,59,66)(H,60,71)(H,61,72)(H,62,68)(H,63,73)(H,64,69)(H,65,70)(H,74,75)(H4,51,52,56)(H4,53,54,57)/t33?,34?,35-,36-,37?,38+,39-/m0/s1. The van der Waals surface area contributed by atoms with E-state index in [4.69, 9.17) is 28.7 Å². The van der Waals surface area contributed by atoms with E-state index in [1.165, 1.54) is 6.92 Å². The monoisotopic (exact) mass is 1040 g/mol. The molecule has 26 heteroatoms. The second-order valence-corrected chi connectivity index (χ2v) is 18.1. The van der Waals surface area contributed by atoms with Gasteiger partial charge < -0.3 is 81.3 Å². The molecule has 1 aliphatic heterocycles. The Balaban J connectivity index is 1.77. The molecule has 3 aromatic rings. The van der Waals surface area contributed by atoms with Gasteiger partial charge in [-0.05, 0) is 81.5 Å². The van der Waals surface area contributed by atoms with Gasteiger partial charge in [-0.25, -0.2) is 4.79 Å². The summed E-state index contributed by atoms with van der Waals surface area (Å²) in [4.78, 5) is 135. The summed E-state index contributed by atoms with van der Waals surface area (Å²) >= 11 is 0. The number of rotatable bonds is 19. The molecular weight excluding hydrogens is 973 g/mol. The lowest BCUT2D eigenvalue weighted by atomic mass is 10.0. The number of guanidine groups is 2. The number of nitrogens with one attached hydrogen (secondary N) is 9. The Morgan fingerprint density at radius 3 is 1.92 bits per heavy atom. The molecule has 3 unspecified atom stereocenters. The fraction of sp³-hybridized carbons (Fsp3) is 0.490. The Kier molecular flexibility index (Phi) is 24.2. The van der Waals surface area contributed by atoms with Crippen molar-refractivity contribution < 1.29 is 48.3 Å². The number of aromatic nitrogens is 1. The van der Waals surface area contributed by atoms with Crippen LogP contribution in [0.3, 0.4) is 0 Å². The summed E-state index contributed by atoms with van der Waals surface area (Å²) in [6, 6.07) is 6.20. The van der Waals surface area contributed by atoms with Crippen molar-refractivity contribution in [2.45, 2.75) is 126 Å². The van der Waals surface area contributed by atoms with Crippen LogP contribution >= 0.6 is 0 Å². The minimum absolute atomic E-state index is 0.0404. The van der Waals surface area contributed by atoms with Gasteiger partial charge in [-0.15, -0.1) is 0 Å². The van der Waals surface area contributed by atoms with E-state index in [2.05, 4.69) is 57.5 Å². The summed E-state index contributed by atoms with van der Waals surface area (Å²) in [6.07, 6.45) is 1.19. The number of fused-ring (bicyclic) bond motifs is 1. The van der Waals surface area contributed by atoms with Gasteiger partial charge in [0, 0.05) is 62.9 Å². The van der Waals surface area contributed by atoms with E-state index in [0.717, 1.165) is 10.9 Å². The van der Waals surface area contributed by atoms with Crippen molar-refractivity contribution in [3.05, 3.63) is 71.9 Å². The van der Waals surface area contributed by atoms with Gasteiger partial charge in [-0.2, -0.15) is 0 Å². The largest absolute Gasteiger partial charge is 0.480 e. The lowest BCUT2D eigenvalue weighted by molar-refractivity contribution is -0.142. The lowest BCUT2D eigenvalue weighted by Gasteiger charge is -2.28. The summed E-state index contributed by atoms with van der Waals surface area (Å²) < 4.78 is 0. The number of amides is 8. The van der Waals surface area contributed by atoms with E-state index in [9.17, 15) is 48.3 Å². The summed E-state index contributed by atoms with van der Waals surface area (Å²) in [5.41, 5.74) is 29.8. The molecule has 8 amide bonds. The van der Waals surface area contributed by atoms with E-state index in [0.29, 0.717) is 11.1 Å². The first-order valence-electron chi connectivity index (χ1n) is 24.8. The first-order chi connectivity index (χ1) is 35.8. The van der Waals surface area contributed by atoms with Crippen LogP contribution in [0.25, 0.3) is 10.9 Å². The average molecular weight is 1050 g/mol. The number of aliphatic imine (C=N–C) groups is 2. The molecule has 0 radical (unpaired) electrons. The molecule has 4 rings (SSSR count). The average Bonchev–Trinajstić information content (AvgIpc) is 3.78. The molecule has 0 aliphatic carbocycles. The highest BCUT2D eigenvalue weighted by atomic mass is 16.4. The van der Waals surface area contributed by atoms with Crippen molar-refractivity contribution in [1.82, 2.24) is 47.5 Å². The van der Waals surface area contributed by atoms with Crippen LogP contribution in [0.5, 0.6) is 0 Å². The lowest BCUT2D eigenvalue weighted by Crippen LogP contribution is -2.60. The Morgan fingerprint density at radius 1 is 0.707 bits per heavy atom. The molecule has 0 spiro atoms. The van der Waals surface area contributed by atoms with Crippen LogP contribution in [0, 0.1) is 0 Å². The number of benzene rings is 2. The van der Waals surface area contributed by atoms with E-state index >= 15 is 0 Å². The Labute approximate surface area is 433 Å². The Hall–Kier alpha value is -8.29. The van der Waals surface area contributed by atoms with E-state index in [-0.39, 0.29) is 115 Å². The zero-order valence-corrected chi connectivity index (χ0v) is 42.0. The molecule has 0 saturated carbocycles. The number of hydrogen-bond donors (Lipinski definition) is 15. The smallest absolute Gasteiger partial charge is 0.326 e. The van der Waals surface area contributed by atoms with Crippen LogP contribution in [-0.2, 0) is 56.0 Å². The number of nitrogens with two attached hydrogens (primary N) is 5. The molecule has 2 heterocycles. The third-order valence-electron chi connectivity index (χ3n) is 12.1. The minimum atomic E-state index is -1.48. The maximum Gasteiger partial charge on any atom is 0.326 e. The second-order valence-electron chi connectivity index (χ2n) is 18.1. The third-order valence-corrected chi connectivity index (χ3v) is 12.1. The number of carboxylic acid groups (broad SMARTS) is 1. The Morgan fingerprint density at radius 2 is 1.28 bits per heavy atom. The highest BCUT2D eigenvalue weighted by molar-refractivity contribution is 5.98. The fourth-order valence-electron chi connectivity index (χ4n) is 8.23. The number of aromatic amines is 1. The molecule has 1 saturated heterocycles. The minimum Gasteiger partial charge on any atom is -0.480 e. The fourth-order valence-corrected chi connectivity index (χ4v) is 8.23. The predicted molar refractivity (Wildman–Crippen MR) is 279 cm³/mol. The van der Waals surface area contributed by atoms with Crippen LogP contribution in [0.15, 0.2) is 70.8 Å². The van der Waals surface area contributed by atoms with Crippen molar-refractivity contribution in [3.8, 4) is 0 Å². The van der Waals surface area contributed by atoms with Gasteiger partial charge in [-0.1, -0.05) is 48.5 Å². The molecular formula is C49H72N16O10. The number of carbonyl (C=O) groups is 9. The molecule has 0 bridgehead atoms. The first-order valence-corrected chi connectivity index (χ1v) is 24.8. The van der Waals surface area contributed by atoms with Gasteiger partial charge >= 0.3 is 5.97 Å². The quantitative estimate of drug-likeness (QED) is 0.0323. The molecule has 408 valence electrons. The maximum absolute atomic E-state index is 14.6. The molecule has 7 atom stereocenters. The Bertz CT molecular complexity index is 2490. The molecule has 1 aliphatic rings. The number of aliphatic carboxylic acids is 1. The molecule has 2 aromatic carbocycles. The van der Waals surface area contributed by atoms with Gasteiger partial charge in [-0.3, -0.25) is 48.3 Å². The van der Waals surface area contributed by atoms with Gasteiger partial charge in [0.2, 0.25) is 47.3 Å². The summed E-state index contributed by atoms with van der Waals surface area (Å²) in [5, 5.41) is 32.2. The number of para-hydroxylation sites is 1. The normalized spacial score (nSPS) is 21.1. The van der Waals surface area contributed by atoms with Gasteiger partial charge in [0.25, 0.3) is 0 Å². The molecule has 1 aromatic heterocycles. The van der Waals surface area contributed by atoms with E-state index in [1.807, 2.05) is 18.2 Å². The van der Waals surface area contributed by atoms with Crippen LogP contribution in [0.1, 0.15) is 82.3 Å². The van der Waals surface area contributed by atoms with Crippen molar-refractivity contribution in [3.63, 3.8) is 0 Å². The van der Waals surface area contributed by atoms with Crippen molar-refractivity contribution in [2.24, 2.45) is 38.7 Å². The van der Waals surface area contributed by atoms with Crippen molar-refractivity contribution >= 4 is 76.0 Å². The number of nitrogens with zero attached hydrogens (tertiary/aromatic N) is 2. The van der Waals surface area contributed by atoms with Crippen molar-refractivity contribution in [2.75, 3.05) is 26.2 Å². The number of carbonyl (C=O) groups excluding carboxylic acids is 8. The van der Waals surface area contributed by atoms with Crippen molar-refractivity contribution in [1.29, 1.82) is 0 Å². The van der Waals surface area contributed by atoms with Gasteiger partial charge in [0.15, 0.2) is 11.9 Å². The second kappa shape index (κ2) is 30.7. The van der Waals surface area contributed by atoms with Crippen LogP contribution in [0.4, 0.5) is 0 Å². The first kappa shape index (κ1) is 59.3. The highest BCUT2D eigenvalue weighted by Crippen LogP contribution is 2.20. The van der Waals surface area contributed by atoms with Crippen LogP contribution in [0.2, 0.25) is 0 Å². The van der Waals surface area contributed by atoms with E-state index in [1.54, 1.807) is 42.6 Å². The predicted octanol–water partition coefficient (Wildman–Crippen LogP) is -3.01. The van der Waals surface area contributed by atoms with Gasteiger partial charge in [0.05, 0.1) is 0 Å². The summed E-state index contributed by atoms with van der Waals surface area (Å²) in [7, 11) is 0. The molecule has 26 nitrogen and oxygen atoms in total. The van der Waals surface area contributed by atoms with Crippen LogP contribution < -0.4 is 71.2 Å². The molecule has 20 N–H and O–H groups in total. The number of carboxylic acids is 1. The number of H-pyrrole nitrogens is 1. The third kappa shape index (κ3) is 20.6. The van der Waals surface area contributed by atoms with Crippen LogP contribution in [-0.4, -0.2) is 144 Å². The SMILES string of the molecule is CC(=O)NC(CCCN=C(N)N)C(=O)N[C@H]1CCC(=O)NCCCC(C(=O)O)NC(=O)[C@H](Cc2c[nH]c3ccccc23)NC(=O)[C@H](CCCN=C(N)N)NC(=O)[C@@H](Cc2ccccc2)NC(=O)C(CCCN)NC1=O. The summed E-state index contributed by atoms with van der Waals surface area (Å²) in [6.45, 7) is 1.39. The topological polar surface area (TPSA) is 441 Å². The van der Waals surface area contributed by atoms with E-state index < -0.39 is 95.5 Å². The highest BCUT2D eigenvalue weighted by Gasteiger charge is 2.35. The number of hydrogen-bond acceptors (Lipinski definition) is 12. The zero-order chi connectivity index (χ0) is 54.9. The molecule has 1 fully saturated rings. The zero-order valence-electron chi connectivity index (χ0n) is 42.0. The molecule has 75 heavy (non-hydrogen) atoms. The summed E-state index contributed by atoms with van der Waals surface area (Å²) in [5.74, 6) is -7.97. The maximum atomic E-state index is 14.6. The van der Waals surface area contributed by atoms with Gasteiger partial charge in [0.1, 0.15) is 42.3 Å².